The van der Waals surface area contributed by atoms with Gasteiger partial charge in [-0.1, -0.05) is 35.6 Å². The Morgan fingerprint density at radius 1 is 0.872 bits per heavy atom. The highest BCUT2D eigenvalue weighted by atomic mass is 32.1. The van der Waals surface area contributed by atoms with Gasteiger partial charge in [0.15, 0.2) is 10.8 Å². The lowest BCUT2D eigenvalue weighted by Crippen LogP contribution is -2.43. The van der Waals surface area contributed by atoms with Crippen molar-refractivity contribution in [3.8, 4) is 10.4 Å². The molecule has 0 saturated carbocycles. The van der Waals surface area contributed by atoms with Gasteiger partial charge in [-0.2, -0.15) is 13.2 Å². The summed E-state index contributed by atoms with van der Waals surface area (Å²) in [5, 5.41) is 7.00. The van der Waals surface area contributed by atoms with Crippen molar-refractivity contribution < 1.29 is 41.8 Å². The molecule has 0 spiro atoms. The van der Waals surface area contributed by atoms with Crippen molar-refractivity contribution in [2.45, 2.75) is 71.4 Å². The molecular formula is C33H35F3N4O6S. The fourth-order valence-electron chi connectivity index (χ4n) is 4.31. The molecule has 0 bridgehead atoms. The first-order chi connectivity index (χ1) is 21.9. The monoisotopic (exact) mass is 672 g/mol. The maximum atomic E-state index is 13.6. The van der Waals surface area contributed by atoms with Gasteiger partial charge in [-0.05, 0) is 88.7 Å². The first kappa shape index (κ1) is 35.1. The number of nitrogens with zero attached hydrogens (tertiary/aromatic N) is 2. The Morgan fingerprint density at radius 2 is 1.53 bits per heavy atom. The number of pyridine rings is 1. The molecule has 0 aliphatic carbocycles. The minimum atomic E-state index is -4.51. The molecule has 47 heavy (non-hydrogen) atoms. The molecule has 0 aliphatic heterocycles. The van der Waals surface area contributed by atoms with E-state index >= 15 is 0 Å². The quantitative estimate of drug-likeness (QED) is 0.142. The van der Waals surface area contributed by atoms with Gasteiger partial charge in [-0.15, -0.1) is 0 Å². The van der Waals surface area contributed by atoms with Crippen molar-refractivity contribution in [2.75, 3.05) is 11.9 Å². The second-order valence-corrected chi connectivity index (χ2v) is 13.6. The summed E-state index contributed by atoms with van der Waals surface area (Å²) >= 11 is 1.04. The number of ether oxygens (including phenoxy) is 3. The van der Waals surface area contributed by atoms with Crippen molar-refractivity contribution in [2.24, 2.45) is 0 Å². The number of aromatic nitrogens is 2. The van der Waals surface area contributed by atoms with Crippen molar-refractivity contribution >= 4 is 45.4 Å². The number of carbonyl (C=O) groups is 3. The first-order valence-corrected chi connectivity index (χ1v) is 15.4. The van der Waals surface area contributed by atoms with Crippen LogP contribution in [-0.2, 0) is 26.8 Å². The SMILES string of the molecule is CC(C)(C)OC(=O)Nc1nc(C(=O)OC[C@H](Cc2ccc(C(F)(F)F)cc2)NC(=O)OC(C)(C)C)c(-c2ccc3cnccc3c2)s1. The molecule has 4 rings (SSSR count). The average molecular weight is 673 g/mol. The number of thiazole rings is 1. The summed E-state index contributed by atoms with van der Waals surface area (Å²) in [7, 11) is 0. The molecule has 250 valence electrons. The zero-order chi connectivity index (χ0) is 34.6. The van der Waals surface area contributed by atoms with Crippen LogP contribution in [0.4, 0.5) is 27.9 Å². The number of halogens is 3. The molecule has 0 aliphatic rings. The van der Waals surface area contributed by atoms with Gasteiger partial charge in [-0.3, -0.25) is 10.3 Å². The minimum Gasteiger partial charge on any atom is -0.459 e. The summed E-state index contributed by atoms with van der Waals surface area (Å²) in [4.78, 5) is 47.5. The number of benzene rings is 2. The standard InChI is InChI=1S/C33H35F3N4O6S/c1-31(2,3)45-29(42)38-24(15-19-7-11-23(12-8-19)33(34,35)36)18-44-27(41)25-26(21-9-10-22-17-37-14-13-20(22)16-21)47-28(39-25)40-30(43)46-32(4,5)6/h7-14,16-17,24H,15,18H2,1-6H3,(H,38,42)(H,39,40,43)/t24-/m0/s1. The van der Waals surface area contributed by atoms with E-state index in [9.17, 15) is 27.6 Å². The van der Waals surface area contributed by atoms with E-state index in [2.05, 4.69) is 20.6 Å². The van der Waals surface area contributed by atoms with Gasteiger partial charge in [0, 0.05) is 17.8 Å². The van der Waals surface area contributed by atoms with Gasteiger partial charge >= 0.3 is 24.3 Å². The maximum Gasteiger partial charge on any atom is 0.416 e. The van der Waals surface area contributed by atoms with Crippen LogP contribution in [0.5, 0.6) is 0 Å². The third kappa shape index (κ3) is 10.4. The van der Waals surface area contributed by atoms with Crippen molar-refractivity contribution in [1.82, 2.24) is 15.3 Å². The second kappa shape index (κ2) is 14.0. The van der Waals surface area contributed by atoms with Crippen LogP contribution in [-0.4, -0.2) is 52.0 Å². The average Bonchev–Trinajstić information content (AvgIpc) is 3.37. The smallest absolute Gasteiger partial charge is 0.416 e. The number of fused-ring (bicyclic) bond motifs is 1. The van der Waals surface area contributed by atoms with Crippen LogP contribution >= 0.6 is 11.3 Å². The normalized spacial score (nSPS) is 12.7. The topological polar surface area (TPSA) is 129 Å². The van der Waals surface area contributed by atoms with Crippen molar-refractivity contribution in [1.29, 1.82) is 0 Å². The molecule has 4 aromatic rings. The van der Waals surface area contributed by atoms with Crippen molar-refractivity contribution in [3.05, 3.63) is 77.7 Å². The fraction of sp³-hybridized carbons (Fsp3) is 0.364. The number of rotatable bonds is 8. The van der Waals surface area contributed by atoms with Gasteiger partial charge in [-0.25, -0.2) is 19.4 Å². The van der Waals surface area contributed by atoms with Crippen LogP contribution in [0.15, 0.2) is 60.9 Å². The molecule has 1 atom stereocenters. The number of alkyl carbamates (subject to hydrolysis) is 1. The molecule has 0 saturated heterocycles. The number of alkyl halides is 3. The minimum absolute atomic E-state index is 0.0265. The first-order valence-electron chi connectivity index (χ1n) is 14.5. The zero-order valence-corrected chi connectivity index (χ0v) is 27.5. The number of hydrogen-bond acceptors (Lipinski definition) is 9. The Morgan fingerprint density at radius 3 is 2.17 bits per heavy atom. The van der Waals surface area contributed by atoms with E-state index in [1.807, 2.05) is 18.2 Å². The molecule has 2 N–H and O–H groups in total. The van der Waals surface area contributed by atoms with Crippen LogP contribution in [0, 0.1) is 0 Å². The molecule has 2 heterocycles. The van der Waals surface area contributed by atoms with E-state index in [1.54, 1.807) is 60.0 Å². The van der Waals surface area contributed by atoms with Crippen LogP contribution in [0.2, 0.25) is 0 Å². The van der Waals surface area contributed by atoms with E-state index in [-0.39, 0.29) is 23.9 Å². The van der Waals surface area contributed by atoms with E-state index in [4.69, 9.17) is 14.2 Å². The van der Waals surface area contributed by atoms with E-state index < -0.39 is 47.1 Å². The highest BCUT2D eigenvalue weighted by Gasteiger charge is 2.30. The Bertz CT molecular complexity index is 1740. The van der Waals surface area contributed by atoms with Crippen molar-refractivity contribution in [3.63, 3.8) is 0 Å². The molecule has 2 aromatic carbocycles. The van der Waals surface area contributed by atoms with Gasteiger partial charge in [0.05, 0.1) is 16.5 Å². The second-order valence-electron chi connectivity index (χ2n) is 12.6. The third-order valence-corrected chi connectivity index (χ3v) is 7.25. The third-order valence-electron chi connectivity index (χ3n) is 6.23. The molecule has 14 heteroatoms. The lowest BCUT2D eigenvalue weighted by atomic mass is 10.0. The maximum absolute atomic E-state index is 13.6. The summed E-state index contributed by atoms with van der Waals surface area (Å²) in [6.07, 6.45) is -2.71. The molecule has 10 nitrogen and oxygen atoms in total. The summed E-state index contributed by atoms with van der Waals surface area (Å²) in [6.45, 7) is 9.78. The van der Waals surface area contributed by atoms with E-state index in [1.165, 1.54) is 12.1 Å². The summed E-state index contributed by atoms with van der Waals surface area (Å²) in [5.41, 5.74) is -1.44. The lowest BCUT2D eigenvalue weighted by molar-refractivity contribution is -0.137. The number of hydrogen-bond donors (Lipinski definition) is 2. The highest BCUT2D eigenvalue weighted by Crippen LogP contribution is 2.35. The molecule has 0 fully saturated rings. The molecule has 2 amide bonds. The van der Waals surface area contributed by atoms with Gasteiger partial charge in [0.25, 0.3) is 0 Å². The van der Waals surface area contributed by atoms with E-state index in [0.29, 0.717) is 16.0 Å². The Kier molecular flexibility index (Phi) is 10.4. The number of esters is 1. The Balaban J connectivity index is 1.60. The van der Waals surface area contributed by atoms with Gasteiger partial charge < -0.3 is 19.5 Å². The number of carbonyl (C=O) groups excluding carboxylic acids is 3. The highest BCUT2D eigenvalue weighted by molar-refractivity contribution is 7.19. The van der Waals surface area contributed by atoms with Gasteiger partial charge in [0.2, 0.25) is 0 Å². The molecule has 0 radical (unpaired) electrons. The number of nitrogens with one attached hydrogen (secondary N) is 2. The molecular weight excluding hydrogens is 637 g/mol. The van der Waals surface area contributed by atoms with E-state index in [0.717, 1.165) is 34.2 Å². The van der Waals surface area contributed by atoms with Crippen LogP contribution < -0.4 is 10.6 Å². The van der Waals surface area contributed by atoms with Crippen LogP contribution in [0.1, 0.15) is 63.2 Å². The van der Waals surface area contributed by atoms with Gasteiger partial charge in [0.1, 0.15) is 17.8 Å². The largest absolute Gasteiger partial charge is 0.459 e. The summed E-state index contributed by atoms with van der Waals surface area (Å²) < 4.78 is 55.6. The predicted octanol–water partition coefficient (Wildman–Crippen LogP) is 8.02. The summed E-state index contributed by atoms with van der Waals surface area (Å²) in [5.74, 6) is -0.855. The zero-order valence-electron chi connectivity index (χ0n) is 26.7. The lowest BCUT2D eigenvalue weighted by Gasteiger charge is -2.23. The number of anilines is 1. The summed E-state index contributed by atoms with van der Waals surface area (Å²) in [6, 6.07) is 10.8. The molecule has 0 unspecified atom stereocenters. The Labute approximate surface area is 273 Å². The molecule has 2 aromatic heterocycles. The predicted molar refractivity (Wildman–Crippen MR) is 171 cm³/mol. The number of amides is 2. The Hall–Kier alpha value is -4.72. The fourth-order valence-corrected chi connectivity index (χ4v) is 5.24. The van der Waals surface area contributed by atoms with Crippen LogP contribution in [0.3, 0.4) is 0 Å². The van der Waals surface area contributed by atoms with Crippen LogP contribution in [0.25, 0.3) is 21.2 Å².